The van der Waals surface area contributed by atoms with Crippen molar-refractivity contribution < 1.29 is 43.7 Å². The summed E-state index contributed by atoms with van der Waals surface area (Å²) < 4.78 is 5.97. The minimum Gasteiger partial charge on any atom is -0.481 e. The van der Waals surface area contributed by atoms with Crippen LogP contribution in [0, 0.1) is 23.7 Å². The maximum atomic E-state index is 13.4. The Labute approximate surface area is 293 Å². The van der Waals surface area contributed by atoms with E-state index in [4.69, 9.17) is 4.74 Å². The summed E-state index contributed by atoms with van der Waals surface area (Å²) in [5.74, 6) is -9.61. The Morgan fingerprint density at radius 2 is 1.04 bits per heavy atom. The zero-order valence-electron chi connectivity index (χ0n) is 28.2. The molecule has 1 aliphatic rings. The third kappa shape index (κ3) is 7.57. The van der Waals surface area contributed by atoms with E-state index in [0.29, 0.717) is 28.4 Å². The summed E-state index contributed by atoms with van der Waals surface area (Å²) in [6.45, 7) is 1.13. The third-order valence-corrected chi connectivity index (χ3v) is 8.96. The number of Topliss-reactive ketones (excluding diaryl/α,β-unsaturated/α-hetero) is 1. The van der Waals surface area contributed by atoms with Crippen molar-refractivity contribution in [1.82, 2.24) is 0 Å². The van der Waals surface area contributed by atoms with Gasteiger partial charge in [-0.3, -0.25) is 28.8 Å². The third-order valence-electron chi connectivity index (χ3n) is 8.96. The van der Waals surface area contributed by atoms with Gasteiger partial charge in [-0.05, 0) is 91.9 Å². The van der Waals surface area contributed by atoms with Gasteiger partial charge in [-0.25, -0.2) is 0 Å². The van der Waals surface area contributed by atoms with Gasteiger partial charge in [-0.15, -0.1) is 0 Å². The molecule has 0 aliphatic heterocycles. The van der Waals surface area contributed by atoms with Gasteiger partial charge in [0.2, 0.25) is 5.91 Å². The first-order chi connectivity index (χ1) is 24.3. The second-order valence-electron chi connectivity index (χ2n) is 12.1. The number of carboxylic acids is 2. The molecule has 0 spiro atoms. The lowest BCUT2D eigenvalue weighted by Crippen LogP contribution is -2.60. The molecule has 0 aromatic heterocycles. The summed E-state index contributed by atoms with van der Waals surface area (Å²) in [6.07, 6.45) is 0. The Morgan fingerprint density at radius 3 is 1.47 bits per heavy atom. The van der Waals surface area contributed by atoms with E-state index in [1.54, 1.807) is 92.8 Å². The van der Waals surface area contributed by atoms with Gasteiger partial charge in [0.05, 0.1) is 17.8 Å². The van der Waals surface area contributed by atoms with Crippen LogP contribution in [0.1, 0.15) is 27.6 Å². The Hall–Kier alpha value is -6.50. The van der Waals surface area contributed by atoms with Crippen molar-refractivity contribution in [3.8, 4) is 11.5 Å². The maximum absolute atomic E-state index is 13.4. The van der Waals surface area contributed by atoms with Crippen LogP contribution in [0.2, 0.25) is 0 Å². The van der Waals surface area contributed by atoms with Crippen LogP contribution in [-0.4, -0.2) is 66.8 Å². The fourth-order valence-corrected chi connectivity index (χ4v) is 6.19. The Kier molecular flexibility index (Phi) is 10.5. The molecule has 4 unspecified atom stereocenters. The van der Waals surface area contributed by atoms with E-state index >= 15 is 0 Å². The molecule has 4 aromatic carbocycles. The van der Waals surface area contributed by atoms with Crippen molar-refractivity contribution in [2.24, 2.45) is 23.7 Å². The molecule has 1 fully saturated rings. The lowest BCUT2D eigenvalue weighted by molar-refractivity contribution is -0.179. The highest BCUT2D eigenvalue weighted by Gasteiger charge is 2.62. The monoisotopic (exact) mass is 692 g/mol. The predicted molar refractivity (Wildman–Crippen MR) is 189 cm³/mol. The Bertz CT molecular complexity index is 1970. The number of benzene rings is 4. The van der Waals surface area contributed by atoms with E-state index in [1.807, 2.05) is 12.1 Å². The van der Waals surface area contributed by atoms with E-state index in [0.717, 1.165) is 12.6 Å². The summed E-state index contributed by atoms with van der Waals surface area (Å²) >= 11 is 0. The molecule has 1 aliphatic carbocycles. The molecule has 13 heteroatoms. The highest BCUT2D eigenvalue weighted by Crippen LogP contribution is 2.47. The highest BCUT2D eigenvalue weighted by atomic mass is 16.5. The second kappa shape index (κ2) is 14.9. The molecule has 51 heavy (non-hydrogen) atoms. The lowest BCUT2D eigenvalue weighted by atomic mass is 9.55. The zero-order valence-corrected chi connectivity index (χ0v) is 28.2. The van der Waals surface area contributed by atoms with Crippen LogP contribution >= 0.6 is 0 Å². The topological polar surface area (TPSA) is 183 Å². The molecular weight excluding hydrogens is 656 g/mol. The molecular formula is C38H36N4O9. The van der Waals surface area contributed by atoms with Crippen LogP contribution in [0.25, 0.3) is 0 Å². The van der Waals surface area contributed by atoms with Crippen molar-refractivity contribution in [3.05, 3.63) is 108 Å². The number of anilines is 4. The van der Waals surface area contributed by atoms with Gasteiger partial charge in [0, 0.05) is 60.9 Å². The number of carbonyl (C=O) groups excluding carboxylic acids is 4. The number of carbonyl (C=O) groups is 6. The van der Waals surface area contributed by atoms with Crippen molar-refractivity contribution >= 4 is 58.2 Å². The molecule has 3 amide bonds. The fraction of sp³-hybridized carbons (Fsp3) is 0.211. The van der Waals surface area contributed by atoms with Crippen LogP contribution in [0.4, 0.5) is 22.7 Å². The standard InChI is InChI=1S/C38H36N4O9/c1-21(43)30-31(33(38(49)50)32(30)37(47)48)34(44)40-25-10-6-8-23(20-25)36(46)42(4)27-13-17-29(18-14-27)51-28-15-11-26(12-16-28)41(3)35(45)22-7-5-9-24(19-22)39-2/h5-20,30-33,39H,1-4H3,(H,40,44)(H,47,48)(H,49,50). The van der Waals surface area contributed by atoms with Crippen molar-refractivity contribution in [3.63, 3.8) is 0 Å². The van der Waals surface area contributed by atoms with Crippen molar-refractivity contribution in [2.75, 3.05) is 41.6 Å². The van der Waals surface area contributed by atoms with Crippen LogP contribution in [0.15, 0.2) is 97.1 Å². The summed E-state index contributed by atoms with van der Waals surface area (Å²) in [6, 6.07) is 27.0. The van der Waals surface area contributed by atoms with Crippen molar-refractivity contribution in [1.29, 1.82) is 0 Å². The molecule has 262 valence electrons. The average Bonchev–Trinajstić information content (AvgIpc) is 3.10. The van der Waals surface area contributed by atoms with Gasteiger partial charge < -0.3 is 35.4 Å². The highest BCUT2D eigenvalue weighted by molar-refractivity contribution is 6.08. The van der Waals surface area contributed by atoms with Gasteiger partial charge in [0.15, 0.2) is 0 Å². The number of rotatable bonds is 12. The van der Waals surface area contributed by atoms with Crippen LogP contribution < -0.4 is 25.2 Å². The number of carboxylic acid groups (broad SMARTS) is 2. The molecule has 0 heterocycles. The first-order valence-electron chi connectivity index (χ1n) is 15.9. The number of aliphatic carboxylic acids is 2. The van der Waals surface area contributed by atoms with Crippen LogP contribution in [-0.2, 0) is 19.2 Å². The molecule has 0 bridgehead atoms. The maximum Gasteiger partial charge on any atom is 0.308 e. The first-order valence-corrected chi connectivity index (χ1v) is 15.9. The fourth-order valence-electron chi connectivity index (χ4n) is 6.19. The molecule has 4 aromatic rings. The van der Waals surface area contributed by atoms with E-state index in [2.05, 4.69) is 10.6 Å². The van der Waals surface area contributed by atoms with Crippen molar-refractivity contribution in [2.45, 2.75) is 6.92 Å². The van der Waals surface area contributed by atoms with E-state index in [-0.39, 0.29) is 17.2 Å². The van der Waals surface area contributed by atoms with Gasteiger partial charge in [0.25, 0.3) is 11.8 Å². The molecule has 5 rings (SSSR count). The first kappa shape index (κ1) is 35.8. The smallest absolute Gasteiger partial charge is 0.308 e. The number of hydrogen-bond donors (Lipinski definition) is 4. The predicted octanol–water partition coefficient (Wildman–Crippen LogP) is 5.25. The minimum absolute atomic E-state index is 0.160. The van der Waals surface area contributed by atoms with Gasteiger partial charge >= 0.3 is 11.9 Å². The largest absolute Gasteiger partial charge is 0.481 e. The van der Waals surface area contributed by atoms with Crippen LogP contribution in [0.5, 0.6) is 11.5 Å². The van der Waals surface area contributed by atoms with E-state index in [1.165, 1.54) is 23.1 Å². The van der Waals surface area contributed by atoms with Crippen LogP contribution in [0.3, 0.4) is 0 Å². The molecule has 4 atom stereocenters. The summed E-state index contributed by atoms with van der Waals surface area (Å²) in [4.78, 5) is 78.0. The number of amides is 3. The quantitative estimate of drug-likeness (QED) is 0.153. The van der Waals surface area contributed by atoms with Gasteiger partial charge in [0.1, 0.15) is 17.3 Å². The molecule has 1 saturated carbocycles. The normalized spacial score (nSPS) is 17.6. The number of hydrogen-bond acceptors (Lipinski definition) is 8. The van der Waals surface area contributed by atoms with E-state index in [9.17, 15) is 39.0 Å². The number of ether oxygens (including phenoxy) is 1. The molecule has 0 saturated heterocycles. The summed E-state index contributed by atoms with van der Waals surface area (Å²) in [7, 11) is 5.06. The minimum atomic E-state index is -1.57. The molecule has 4 N–H and O–H groups in total. The van der Waals surface area contributed by atoms with Gasteiger partial charge in [-0.1, -0.05) is 12.1 Å². The Balaban J connectivity index is 1.21. The SMILES string of the molecule is CNc1cccc(C(=O)N(C)c2ccc(Oc3ccc(N(C)C(=O)c4cccc(NC(=O)C5C(C(C)=O)C(C(=O)O)C5C(=O)O)c4)cc3)cc2)c1. The Morgan fingerprint density at radius 1 is 0.608 bits per heavy atom. The number of ketones is 1. The molecule has 13 nitrogen and oxygen atoms in total. The second-order valence-corrected chi connectivity index (χ2v) is 12.1. The number of nitrogens with one attached hydrogen (secondary N) is 2. The lowest BCUT2D eigenvalue weighted by Gasteiger charge is -2.45. The zero-order chi connectivity index (χ0) is 37.0. The molecule has 0 radical (unpaired) electrons. The average molecular weight is 693 g/mol. The number of nitrogens with zero attached hydrogens (tertiary/aromatic N) is 2. The summed E-state index contributed by atoms with van der Waals surface area (Å²) in [5.41, 5.74) is 3.00. The summed E-state index contributed by atoms with van der Waals surface area (Å²) in [5, 5.41) is 24.6. The van der Waals surface area contributed by atoms with E-state index < -0.39 is 53.2 Å². The van der Waals surface area contributed by atoms with Gasteiger partial charge in [-0.2, -0.15) is 0 Å².